The molecular formula is C16H20N6O12. The zero-order valence-electron chi connectivity index (χ0n) is 18.8. The van der Waals surface area contributed by atoms with Gasteiger partial charge in [-0.15, -0.1) is 5.06 Å². The minimum absolute atomic E-state index is 0.150. The molecular weight excluding hydrogens is 468 g/mol. The van der Waals surface area contributed by atoms with Crippen LogP contribution in [0.25, 0.3) is 0 Å². The second-order valence-electron chi connectivity index (χ2n) is 5.81. The number of anilines is 3. The van der Waals surface area contributed by atoms with Crippen molar-refractivity contribution in [2.45, 2.75) is 41.5 Å². The highest BCUT2D eigenvalue weighted by molar-refractivity contribution is 5.71. The van der Waals surface area contributed by atoms with Crippen molar-refractivity contribution in [1.29, 1.82) is 0 Å². The van der Waals surface area contributed by atoms with E-state index in [4.69, 9.17) is 28.9 Å². The molecule has 34 heavy (non-hydrogen) atoms. The third kappa shape index (κ3) is 9.58. The van der Waals surface area contributed by atoms with Crippen LogP contribution in [0.1, 0.15) is 41.5 Å². The summed E-state index contributed by atoms with van der Waals surface area (Å²) in [6.07, 6.45) is 0. The van der Waals surface area contributed by atoms with Crippen molar-refractivity contribution in [2.24, 2.45) is 0 Å². The van der Waals surface area contributed by atoms with Crippen molar-refractivity contribution < 1.29 is 57.7 Å². The molecule has 0 amide bonds. The van der Waals surface area contributed by atoms with E-state index in [0.29, 0.717) is 5.06 Å². The monoisotopic (exact) mass is 488 g/mol. The minimum Gasteiger partial charge on any atom is -0.441 e. The number of nitrogens with zero attached hydrogens (tertiary/aromatic N) is 6. The summed E-state index contributed by atoms with van der Waals surface area (Å²) in [5.41, 5.74) is 0. The van der Waals surface area contributed by atoms with Crippen LogP contribution in [-0.2, 0) is 57.7 Å². The van der Waals surface area contributed by atoms with E-state index in [1.54, 1.807) is 0 Å². The lowest BCUT2D eigenvalue weighted by Gasteiger charge is -2.24. The molecule has 0 unspecified atom stereocenters. The Bertz CT molecular complexity index is 884. The largest absolute Gasteiger partial charge is 0.441 e. The van der Waals surface area contributed by atoms with Crippen molar-refractivity contribution in [3.63, 3.8) is 0 Å². The Morgan fingerprint density at radius 2 is 0.853 bits per heavy atom. The van der Waals surface area contributed by atoms with E-state index < -0.39 is 60.4 Å². The van der Waals surface area contributed by atoms with Gasteiger partial charge < -0.3 is 28.9 Å². The van der Waals surface area contributed by atoms with Gasteiger partial charge >= 0.3 is 47.7 Å². The molecule has 0 aliphatic rings. The number of rotatable bonds is 10. The quantitative estimate of drug-likeness (QED) is 0.224. The van der Waals surface area contributed by atoms with Crippen LogP contribution in [0.3, 0.4) is 0 Å². The Morgan fingerprint density at radius 3 is 1.15 bits per heavy atom. The van der Waals surface area contributed by atoms with E-state index in [0.717, 1.165) is 41.5 Å². The SMILES string of the molecule is CC(=O)OCN(OC(C)=O)c1nc(N(OC(C)=O)OC(C)=O)nc(N(OC(C)=O)OC(C)=O)n1. The lowest BCUT2D eigenvalue weighted by Crippen LogP contribution is -2.36. The van der Waals surface area contributed by atoms with Gasteiger partial charge in [-0.05, 0) is 0 Å². The van der Waals surface area contributed by atoms with Gasteiger partial charge in [0.15, 0.2) is 0 Å². The first-order valence-corrected chi connectivity index (χ1v) is 8.98. The molecule has 0 radical (unpaired) electrons. The van der Waals surface area contributed by atoms with Crippen molar-refractivity contribution in [3.8, 4) is 0 Å². The molecule has 0 bridgehead atoms. The first kappa shape index (κ1) is 27.3. The number of esters is 1. The number of aromatic nitrogens is 3. The van der Waals surface area contributed by atoms with Crippen LogP contribution < -0.4 is 15.5 Å². The average molecular weight is 488 g/mol. The lowest BCUT2D eigenvalue weighted by atomic mass is 10.7. The molecule has 0 saturated carbocycles. The van der Waals surface area contributed by atoms with E-state index >= 15 is 0 Å². The van der Waals surface area contributed by atoms with Crippen LogP contribution >= 0.6 is 0 Å². The molecule has 18 heteroatoms. The number of carbonyl (C=O) groups is 6. The fourth-order valence-electron chi connectivity index (χ4n) is 1.72. The van der Waals surface area contributed by atoms with Crippen LogP contribution in [-0.4, -0.2) is 57.5 Å². The normalized spacial score (nSPS) is 9.71. The molecule has 0 N–H and O–H groups in total. The first-order valence-electron chi connectivity index (χ1n) is 8.98. The molecule has 0 atom stereocenters. The summed E-state index contributed by atoms with van der Waals surface area (Å²) in [6, 6.07) is 0. The van der Waals surface area contributed by atoms with Gasteiger partial charge in [0.1, 0.15) is 0 Å². The third-order valence-electron chi connectivity index (χ3n) is 2.62. The molecule has 0 fully saturated rings. The number of hydrogen-bond donors (Lipinski definition) is 0. The summed E-state index contributed by atoms with van der Waals surface area (Å²) in [6.45, 7) is 5.12. The predicted octanol–water partition coefficient (Wildman–Crippen LogP) is -0.798. The maximum atomic E-state index is 11.5. The van der Waals surface area contributed by atoms with Crippen molar-refractivity contribution >= 4 is 53.7 Å². The van der Waals surface area contributed by atoms with Gasteiger partial charge in [0.2, 0.25) is 6.73 Å². The summed E-state index contributed by atoms with van der Waals surface area (Å²) in [5.74, 6) is -7.83. The van der Waals surface area contributed by atoms with Gasteiger partial charge in [0.25, 0.3) is 5.95 Å². The highest BCUT2D eigenvalue weighted by Gasteiger charge is 2.28. The second-order valence-corrected chi connectivity index (χ2v) is 5.81. The van der Waals surface area contributed by atoms with E-state index in [2.05, 4.69) is 15.0 Å². The predicted molar refractivity (Wildman–Crippen MR) is 103 cm³/mol. The molecule has 1 rings (SSSR count). The number of hydroxylamine groups is 1. The van der Waals surface area contributed by atoms with E-state index in [-0.39, 0.29) is 10.5 Å². The smallest absolute Gasteiger partial charge is 0.333 e. The van der Waals surface area contributed by atoms with Crippen molar-refractivity contribution in [2.75, 3.05) is 22.2 Å². The third-order valence-corrected chi connectivity index (χ3v) is 2.62. The molecule has 0 spiro atoms. The number of carbonyl (C=O) groups excluding carboxylic acids is 6. The molecule has 1 heterocycles. The molecule has 0 saturated heterocycles. The topological polar surface area (TPSA) is 206 Å². The molecule has 1 aromatic heterocycles. The molecule has 0 aliphatic heterocycles. The molecule has 0 aliphatic carbocycles. The second kappa shape index (κ2) is 12.3. The molecule has 0 aromatic carbocycles. The lowest BCUT2D eigenvalue weighted by molar-refractivity contribution is -0.172. The van der Waals surface area contributed by atoms with E-state index in [1.165, 1.54) is 0 Å². The highest BCUT2D eigenvalue weighted by Crippen LogP contribution is 2.21. The van der Waals surface area contributed by atoms with Gasteiger partial charge in [-0.25, -0.2) is 19.2 Å². The van der Waals surface area contributed by atoms with E-state index in [1.807, 2.05) is 0 Å². The van der Waals surface area contributed by atoms with Crippen LogP contribution in [0.2, 0.25) is 0 Å². The Hall–Kier alpha value is -4.77. The number of hydrogen-bond acceptors (Lipinski definition) is 18. The minimum atomic E-state index is -0.988. The van der Waals surface area contributed by atoms with Gasteiger partial charge in [-0.2, -0.15) is 15.0 Å². The summed E-state index contributed by atoms with van der Waals surface area (Å²) < 4.78 is 4.76. The summed E-state index contributed by atoms with van der Waals surface area (Å²) in [7, 11) is 0. The molecule has 186 valence electrons. The van der Waals surface area contributed by atoms with Gasteiger partial charge in [-0.1, -0.05) is 0 Å². The summed E-state index contributed by atoms with van der Waals surface area (Å²) >= 11 is 0. The Morgan fingerprint density at radius 1 is 0.529 bits per heavy atom. The molecule has 18 nitrogen and oxygen atoms in total. The van der Waals surface area contributed by atoms with Gasteiger partial charge in [0.05, 0.1) is 0 Å². The maximum absolute atomic E-state index is 11.5. The zero-order chi connectivity index (χ0) is 26.0. The zero-order valence-corrected chi connectivity index (χ0v) is 18.8. The Balaban J connectivity index is 3.71. The maximum Gasteiger partial charge on any atom is 0.333 e. The number of ether oxygens (including phenoxy) is 1. The van der Waals surface area contributed by atoms with Gasteiger partial charge in [-0.3, -0.25) is 9.59 Å². The molecule has 1 aromatic rings. The fourth-order valence-corrected chi connectivity index (χ4v) is 1.72. The standard InChI is InChI=1S/C16H20N6O12/c1-8(23)29-7-20(30-9(2)24)14-17-15(21(31-10(3)25)32-11(4)26)19-16(18-14)22(33-12(5)27)34-13(6)28/h7H2,1-6H3. The highest BCUT2D eigenvalue weighted by atomic mass is 17.0. The summed E-state index contributed by atoms with van der Waals surface area (Å²) in [4.78, 5) is 104. The van der Waals surface area contributed by atoms with Crippen LogP contribution in [0.5, 0.6) is 0 Å². The average Bonchev–Trinajstić information content (AvgIpc) is 2.68. The van der Waals surface area contributed by atoms with Crippen molar-refractivity contribution in [1.82, 2.24) is 15.0 Å². The van der Waals surface area contributed by atoms with Crippen LogP contribution in [0, 0.1) is 0 Å². The van der Waals surface area contributed by atoms with Crippen molar-refractivity contribution in [3.05, 3.63) is 0 Å². The van der Waals surface area contributed by atoms with Crippen LogP contribution in [0.4, 0.5) is 17.8 Å². The van der Waals surface area contributed by atoms with Crippen LogP contribution in [0.15, 0.2) is 0 Å². The Labute approximate surface area is 191 Å². The fraction of sp³-hybridized carbons (Fsp3) is 0.438. The Kier molecular flexibility index (Phi) is 9.87. The summed E-state index contributed by atoms with van der Waals surface area (Å²) in [5, 5.41) is 0.839. The van der Waals surface area contributed by atoms with Gasteiger partial charge in [0, 0.05) is 52.0 Å². The van der Waals surface area contributed by atoms with E-state index in [9.17, 15) is 28.8 Å². The first-order chi connectivity index (χ1) is 15.8.